The highest BCUT2D eigenvalue weighted by Gasteiger charge is 2.26. The first kappa shape index (κ1) is 16.5. The van der Waals surface area contributed by atoms with Gasteiger partial charge in [-0.1, -0.05) is 28.9 Å². The van der Waals surface area contributed by atoms with Crippen LogP contribution in [0, 0.1) is 17.2 Å². The highest BCUT2D eigenvalue weighted by Crippen LogP contribution is 2.40. The second-order valence-electron chi connectivity index (χ2n) is 5.73. The van der Waals surface area contributed by atoms with Gasteiger partial charge in [-0.25, -0.2) is 8.42 Å². The molecule has 4 nitrogen and oxygen atoms in total. The Morgan fingerprint density at radius 1 is 1.43 bits per heavy atom. The van der Waals surface area contributed by atoms with Gasteiger partial charge in [-0.2, -0.15) is 5.26 Å². The summed E-state index contributed by atoms with van der Waals surface area (Å²) in [5, 5.41) is 9.89. The van der Waals surface area contributed by atoms with Crippen molar-refractivity contribution in [3.63, 3.8) is 0 Å². The van der Waals surface area contributed by atoms with Crippen LogP contribution in [0.1, 0.15) is 29.3 Å². The summed E-state index contributed by atoms with van der Waals surface area (Å²) in [6.07, 6.45) is 2.79. The number of thiophene rings is 1. The van der Waals surface area contributed by atoms with E-state index in [-0.39, 0.29) is 4.90 Å². The van der Waals surface area contributed by atoms with Gasteiger partial charge < -0.3 is 0 Å². The lowest BCUT2D eigenvalue weighted by Gasteiger charge is -2.17. The molecule has 0 saturated heterocycles. The minimum Gasteiger partial charge on any atom is -0.269 e. The molecule has 1 unspecified atom stereocenters. The molecule has 1 heterocycles. The first-order valence-corrected chi connectivity index (χ1v) is 10.3. The summed E-state index contributed by atoms with van der Waals surface area (Å²) in [4.78, 5) is 1.31. The second-order valence-corrected chi connectivity index (χ2v) is 9.43. The quantitative estimate of drug-likeness (QED) is 0.819. The number of halogens is 1. The summed E-state index contributed by atoms with van der Waals surface area (Å²) in [5.41, 5.74) is 1.50. The molecule has 1 aliphatic rings. The molecule has 2 aromatic rings. The molecule has 1 aliphatic carbocycles. The number of fused-ring (bicyclic) bond motifs is 1. The molecule has 3 rings (SSSR count). The molecule has 0 fully saturated rings. The number of anilines is 1. The second kappa shape index (κ2) is 6.27. The largest absolute Gasteiger partial charge is 0.269 e. The van der Waals surface area contributed by atoms with Crippen LogP contribution < -0.4 is 4.72 Å². The van der Waals surface area contributed by atoms with Crippen molar-refractivity contribution in [1.82, 2.24) is 0 Å². The summed E-state index contributed by atoms with van der Waals surface area (Å²) < 4.78 is 28.4. The summed E-state index contributed by atoms with van der Waals surface area (Å²) in [6, 6.07) is 8.70. The molecule has 23 heavy (non-hydrogen) atoms. The zero-order valence-corrected chi connectivity index (χ0v) is 15.7. The van der Waals surface area contributed by atoms with Crippen LogP contribution >= 0.6 is 27.3 Å². The standard InChI is InChI=1S/C16H15BrN2O2S2/c1-10-5-6-13-14(9-18)16(22-15(13)7-10)19-23(20,21)12-4-2-3-11(17)8-12/h2-4,8,10,19H,5-7H2,1H3. The molecular formula is C16H15BrN2O2S2. The average Bonchev–Trinajstić information content (AvgIpc) is 2.82. The minimum atomic E-state index is -3.70. The molecule has 1 aromatic carbocycles. The molecule has 0 radical (unpaired) electrons. The van der Waals surface area contributed by atoms with Crippen molar-refractivity contribution in [2.24, 2.45) is 5.92 Å². The smallest absolute Gasteiger partial charge is 0.262 e. The van der Waals surface area contributed by atoms with Crippen LogP contribution in [0.3, 0.4) is 0 Å². The molecule has 7 heteroatoms. The van der Waals surface area contributed by atoms with Gasteiger partial charge in [0, 0.05) is 9.35 Å². The van der Waals surface area contributed by atoms with Crippen LogP contribution in [0.2, 0.25) is 0 Å². The zero-order chi connectivity index (χ0) is 16.6. The number of rotatable bonds is 3. The van der Waals surface area contributed by atoms with Crippen LogP contribution in [0.25, 0.3) is 0 Å². The van der Waals surface area contributed by atoms with Gasteiger partial charge in [-0.3, -0.25) is 4.72 Å². The monoisotopic (exact) mass is 410 g/mol. The molecule has 0 bridgehead atoms. The molecule has 0 saturated carbocycles. The number of nitrogens with zero attached hydrogens (tertiary/aromatic N) is 1. The van der Waals surface area contributed by atoms with Gasteiger partial charge in [0.15, 0.2) is 0 Å². The van der Waals surface area contributed by atoms with E-state index in [1.54, 1.807) is 18.2 Å². The molecule has 0 spiro atoms. The third-order valence-electron chi connectivity index (χ3n) is 3.96. The Labute approximate surface area is 148 Å². The van der Waals surface area contributed by atoms with Gasteiger partial charge in [0.2, 0.25) is 0 Å². The van der Waals surface area contributed by atoms with E-state index in [0.717, 1.165) is 29.7 Å². The maximum Gasteiger partial charge on any atom is 0.262 e. The normalized spacial score (nSPS) is 17.3. The number of nitriles is 1. The fraction of sp³-hybridized carbons (Fsp3) is 0.312. The van der Waals surface area contributed by atoms with Gasteiger partial charge in [0.25, 0.3) is 10.0 Å². The van der Waals surface area contributed by atoms with Crippen molar-refractivity contribution < 1.29 is 8.42 Å². The summed E-state index contributed by atoms with van der Waals surface area (Å²) in [5.74, 6) is 0.572. The topological polar surface area (TPSA) is 70.0 Å². The molecular weight excluding hydrogens is 396 g/mol. The van der Waals surface area contributed by atoms with E-state index in [9.17, 15) is 13.7 Å². The third kappa shape index (κ3) is 3.30. The first-order valence-electron chi connectivity index (χ1n) is 7.23. The Morgan fingerprint density at radius 2 is 2.22 bits per heavy atom. The Hall–Kier alpha value is -1.36. The number of nitrogens with one attached hydrogen (secondary N) is 1. The maximum absolute atomic E-state index is 12.6. The predicted molar refractivity (Wildman–Crippen MR) is 95.2 cm³/mol. The third-order valence-corrected chi connectivity index (χ3v) is 7.10. The lowest BCUT2D eigenvalue weighted by molar-refractivity contribution is 0.507. The van der Waals surface area contributed by atoms with Gasteiger partial charge in [0.05, 0.1) is 10.5 Å². The molecule has 0 amide bonds. The molecule has 1 N–H and O–H groups in total. The predicted octanol–water partition coefficient (Wildman–Crippen LogP) is 4.31. The Bertz CT molecular complexity index is 897. The fourth-order valence-corrected chi connectivity index (χ4v) is 6.02. The summed E-state index contributed by atoms with van der Waals surface area (Å²) in [7, 11) is -3.70. The molecule has 1 atom stereocenters. The van der Waals surface area contributed by atoms with Crippen molar-refractivity contribution in [1.29, 1.82) is 5.26 Å². The van der Waals surface area contributed by atoms with E-state index >= 15 is 0 Å². The number of hydrogen-bond donors (Lipinski definition) is 1. The lowest BCUT2D eigenvalue weighted by Crippen LogP contribution is -2.13. The van der Waals surface area contributed by atoms with Crippen molar-refractivity contribution in [2.75, 3.05) is 4.72 Å². The summed E-state index contributed by atoms with van der Waals surface area (Å²) in [6.45, 7) is 2.18. The number of sulfonamides is 1. The van der Waals surface area contributed by atoms with E-state index in [1.807, 2.05) is 0 Å². The van der Waals surface area contributed by atoms with E-state index in [1.165, 1.54) is 17.4 Å². The Kier molecular flexibility index (Phi) is 4.50. The summed E-state index contributed by atoms with van der Waals surface area (Å²) >= 11 is 4.67. The van der Waals surface area contributed by atoms with Gasteiger partial charge >= 0.3 is 0 Å². The van der Waals surface area contributed by atoms with Gasteiger partial charge in [0.1, 0.15) is 11.1 Å². The Morgan fingerprint density at radius 3 is 2.91 bits per heavy atom. The average molecular weight is 411 g/mol. The number of benzene rings is 1. The van der Waals surface area contributed by atoms with Crippen molar-refractivity contribution in [3.05, 3.63) is 44.7 Å². The molecule has 1 aromatic heterocycles. The van der Waals surface area contributed by atoms with E-state index < -0.39 is 10.0 Å². The van der Waals surface area contributed by atoms with Crippen LogP contribution in [-0.4, -0.2) is 8.42 Å². The van der Waals surface area contributed by atoms with E-state index in [4.69, 9.17) is 0 Å². The molecule has 120 valence electrons. The van der Waals surface area contributed by atoms with Crippen molar-refractivity contribution in [3.8, 4) is 6.07 Å². The zero-order valence-electron chi connectivity index (χ0n) is 12.5. The highest BCUT2D eigenvalue weighted by atomic mass is 79.9. The van der Waals surface area contributed by atoms with Crippen LogP contribution in [0.15, 0.2) is 33.6 Å². The van der Waals surface area contributed by atoms with Crippen molar-refractivity contribution >= 4 is 42.3 Å². The Balaban J connectivity index is 1.99. The van der Waals surface area contributed by atoms with Crippen molar-refractivity contribution in [2.45, 2.75) is 31.1 Å². The first-order chi connectivity index (χ1) is 10.9. The van der Waals surface area contributed by atoms with Gasteiger partial charge in [-0.05, 0) is 48.9 Å². The lowest BCUT2D eigenvalue weighted by atomic mass is 9.89. The molecule has 0 aliphatic heterocycles. The number of hydrogen-bond acceptors (Lipinski definition) is 4. The SMILES string of the molecule is CC1CCc2c(sc(NS(=O)(=O)c3cccc(Br)c3)c2C#N)C1. The fourth-order valence-electron chi connectivity index (χ4n) is 2.76. The van der Waals surface area contributed by atoms with E-state index in [0.29, 0.717) is 21.0 Å². The van der Waals surface area contributed by atoms with Crippen LogP contribution in [0.4, 0.5) is 5.00 Å². The highest BCUT2D eigenvalue weighted by molar-refractivity contribution is 9.10. The minimum absolute atomic E-state index is 0.176. The van der Waals surface area contributed by atoms with Crippen LogP contribution in [0.5, 0.6) is 0 Å². The van der Waals surface area contributed by atoms with Crippen LogP contribution in [-0.2, 0) is 22.9 Å². The van der Waals surface area contributed by atoms with Gasteiger partial charge in [-0.15, -0.1) is 11.3 Å². The van der Waals surface area contributed by atoms with E-state index in [2.05, 4.69) is 33.6 Å². The maximum atomic E-state index is 12.6.